The second kappa shape index (κ2) is 2.64. The quantitative estimate of drug-likeness (QED) is 0.456. The third-order valence-electron chi connectivity index (χ3n) is 0.866. The summed E-state index contributed by atoms with van der Waals surface area (Å²) >= 11 is 0.569. The average molecular weight is 143 g/mol. The summed E-state index contributed by atoms with van der Waals surface area (Å²) in [5, 5.41) is 0. The van der Waals surface area contributed by atoms with Gasteiger partial charge >= 0.3 is 0 Å². The highest BCUT2D eigenvalue weighted by molar-refractivity contribution is 6.43. The fourth-order valence-corrected chi connectivity index (χ4v) is 3.90. The van der Waals surface area contributed by atoms with Gasteiger partial charge in [-0.3, -0.25) is 0 Å². The van der Waals surface area contributed by atoms with Gasteiger partial charge in [0.1, 0.15) is 0 Å². The van der Waals surface area contributed by atoms with Crippen LogP contribution in [-0.2, 0) is 0 Å². The Morgan fingerprint density at radius 1 is 0.778 bits per heavy atom. The normalized spacial score (nSPS) is 13.6. The molecule has 0 saturated heterocycles. The van der Waals surface area contributed by atoms with E-state index in [-0.39, 0.29) is 1.43 Å². The Bertz CT molecular complexity index is 74.4. The maximum Gasteiger partial charge on any atom is 0.218 e. The first-order valence-corrected chi connectivity index (χ1v) is 4.73. The van der Waals surface area contributed by atoms with Crippen LogP contribution in [0.25, 0.3) is 0 Å². The van der Waals surface area contributed by atoms with Crippen LogP contribution in [0.5, 0.6) is 0 Å². The Morgan fingerprint density at radius 2 is 1.00 bits per heavy atom. The van der Waals surface area contributed by atoms with Crippen molar-refractivity contribution in [3.63, 3.8) is 0 Å². The Morgan fingerprint density at radius 3 is 1.00 bits per heavy atom. The zero-order chi connectivity index (χ0) is 7.71. The third-order valence-corrected chi connectivity index (χ3v) is 2.60. The fourth-order valence-electron chi connectivity index (χ4n) is 1.30. The zero-order valence-electron chi connectivity index (χ0n) is 7.58. The molecular formula is C8H20Al. The molecule has 0 aromatic rings. The molecule has 0 amide bonds. The molecule has 9 heavy (non-hydrogen) atoms. The lowest BCUT2D eigenvalue weighted by atomic mass is 10.2. The van der Waals surface area contributed by atoms with E-state index in [1.54, 1.807) is 0 Å². The third kappa shape index (κ3) is 8.53. The van der Waals surface area contributed by atoms with E-state index in [9.17, 15) is 0 Å². The molecule has 0 unspecified atom stereocenters. The summed E-state index contributed by atoms with van der Waals surface area (Å²) < 4.78 is 1.14. The first kappa shape index (κ1) is 9.53. The molecule has 0 N–H and O–H groups in total. The number of rotatable bonds is 0. The molecule has 0 aliphatic carbocycles. The highest BCUT2D eigenvalue weighted by Crippen LogP contribution is 2.33. The highest BCUT2D eigenvalue weighted by atomic mass is 27.1. The van der Waals surface area contributed by atoms with Crippen LogP contribution in [0.3, 0.4) is 0 Å². The molecule has 0 aromatic carbocycles. The Balaban J connectivity index is 0. The minimum atomic E-state index is 0. The van der Waals surface area contributed by atoms with E-state index < -0.39 is 0 Å². The van der Waals surface area contributed by atoms with Gasteiger partial charge in [-0.25, -0.2) is 0 Å². The molecule has 55 valence electrons. The van der Waals surface area contributed by atoms with Crippen LogP contribution in [0.4, 0.5) is 0 Å². The predicted molar refractivity (Wildman–Crippen MR) is 47.3 cm³/mol. The first-order valence-electron chi connectivity index (χ1n) is 3.58. The lowest BCUT2D eigenvalue weighted by molar-refractivity contribution is 0.668. The van der Waals surface area contributed by atoms with Gasteiger partial charge in [0, 0.05) is 1.43 Å². The predicted octanol–water partition coefficient (Wildman–Crippen LogP) is 3.37. The molecule has 0 aromatic heterocycles. The fraction of sp³-hybridized carbons (Fsp3) is 1.00. The van der Waals surface area contributed by atoms with E-state index in [0.29, 0.717) is 23.8 Å². The summed E-state index contributed by atoms with van der Waals surface area (Å²) in [6.45, 7) is 14.0. The zero-order valence-corrected chi connectivity index (χ0v) is 8.73. The summed E-state index contributed by atoms with van der Waals surface area (Å²) in [4.78, 5) is 0. The maximum absolute atomic E-state index is 2.33. The lowest BCUT2D eigenvalue weighted by Crippen LogP contribution is -2.18. The van der Waals surface area contributed by atoms with Gasteiger partial charge in [0.15, 0.2) is 0 Å². The SMILES string of the molecule is C[C](C)(C)[Al][C](C)(C)C.[HH]. The van der Waals surface area contributed by atoms with Crippen molar-refractivity contribution in [1.82, 2.24) is 0 Å². The molecule has 1 radical (unpaired) electrons. The Labute approximate surface area is 67.2 Å². The summed E-state index contributed by atoms with van der Waals surface area (Å²) in [5.74, 6) is 0. The molecule has 0 fully saturated rings. The van der Waals surface area contributed by atoms with Gasteiger partial charge in [-0.1, -0.05) is 50.1 Å². The van der Waals surface area contributed by atoms with Gasteiger partial charge in [0.05, 0.1) is 0 Å². The number of hydrogen-bond acceptors (Lipinski definition) is 0. The average Bonchev–Trinajstić information content (AvgIpc) is 1.14. The van der Waals surface area contributed by atoms with E-state index in [1.807, 2.05) is 0 Å². The second-order valence-corrected chi connectivity index (χ2v) is 8.63. The largest absolute Gasteiger partial charge is 0.218 e. The molecule has 0 aliphatic heterocycles. The molecule has 0 rings (SSSR count). The minimum absolute atomic E-state index is 0. The van der Waals surface area contributed by atoms with Crippen molar-refractivity contribution in [3.8, 4) is 0 Å². The Hall–Kier alpha value is 0.532. The molecule has 0 spiro atoms. The van der Waals surface area contributed by atoms with Crippen molar-refractivity contribution in [2.75, 3.05) is 0 Å². The summed E-state index contributed by atoms with van der Waals surface area (Å²) in [6.07, 6.45) is 0. The summed E-state index contributed by atoms with van der Waals surface area (Å²) in [7, 11) is 0. The van der Waals surface area contributed by atoms with Crippen molar-refractivity contribution in [2.24, 2.45) is 0 Å². The van der Waals surface area contributed by atoms with Gasteiger partial charge in [0.2, 0.25) is 15.2 Å². The molecule has 0 saturated carbocycles. The van der Waals surface area contributed by atoms with E-state index in [1.165, 1.54) is 0 Å². The van der Waals surface area contributed by atoms with Crippen LogP contribution in [0.15, 0.2) is 0 Å². The first-order chi connectivity index (χ1) is 3.71. The highest BCUT2D eigenvalue weighted by Gasteiger charge is 2.22. The van der Waals surface area contributed by atoms with Crippen LogP contribution < -0.4 is 0 Å². The molecule has 1 heteroatoms. The van der Waals surface area contributed by atoms with Crippen LogP contribution in [0.2, 0.25) is 8.55 Å². The van der Waals surface area contributed by atoms with E-state index in [2.05, 4.69) is 41.5 Å². The van der Waals surface area contributed by atoms with Gasteiger partial charge in [-0.2, -0.15) is 0 Å². The van der Waals surface area contributed by atoms with Gasteiger partial charge in [-0.15, -0.1) is 0 Å². The molecule has 0 aliphatic rings. The Kier molecular flexibility index (Phi) is 2.80. The minimum Gasteiger partial charge on any atom is -0.0901 e. The van der Waals surface area contributed by atoms with Crippen LogP contribution in [0, 0.1) is 0 Å². The van der Waals surface area contributed by atoms with Crippen LogP contribution in [0.1, 0.15) is 43.0 Å². The molecule has 0 atom stereocenters. The van der Waals surface area contributed by atoms with Crippen molar-refractivity contribution in [3.05, 3.63) is 0 Å². The molecule has 0 heterocycles. The summed E-state index contributed by atoms with van der Waals surface area (Å²) in [5.41, 5.74) is 0. The van der Waals surface area contributed by atoms with E-state index in [4.69, 9.17) is 0 Å². The van der Waals surface area contributed by atoms with Crippen LogP contribution in [-0.4, -0.2) is 15.2 Å². The molecule has 0 nitrogen and oxygen atoms in total. The molecular weight excluding hydrogens is 123 g/mol. The van der Waals surface area contributed by atoms with E-state index in [0.717, 1.165) is 0 Å². The topological polar surface area (TPSA) is 0 Å². The second-order valence-electron chi connectivity index (χ2n) is 4.88. The lowest BCUT2D eigenvalue weighted by Gasteiger charge is -2.26. The standard InChI is InChI=1S/2C4H9.Al.H2/c2*1-4(2)3;;/h2*1-3H3;;1H. The smallest absolute Gasteiger partial charge is 0.0901 e. The van der Waals surface area contributed by atoms with Crippen molar-refractivity contribution < 1.29 is 1.43 Å². The maximum atomic E-state index is 2.33. The van der Waals surface area contributed by atoms with Gasteiger partial charge in [0.25, 0.3) is 0 Å². The van der Waals surface area contributed by atoms with Gasteiger partial charge < -0.3 is 0 Å². The van der Waals surface area contributed by atoms with E-state index >= 15 is 0 Å². The van der Waals surface area contributed by atoms with Crippen molar-refractivity contribution >= 4 is 15.2 Å². The number of hydrogen-bond donors (Lipinski definition) is 0. The monoisotopic (exact) mass is 143 g/mol. The van der Waals surface area contributed by atoms with Crippen LogP contribution >= 0.6 is 0 Å². The van der Waals surface area contributed by atoms with Gasteiger partial charge in [-0.05, 0) is 0 Å². The summed E-state index contributed by atoms with van der Waals surface area (Å²) in [6, 6.07) is 0. The van der Waals surface area contributed by atoms with Crippen molar-refractivity contribution in [2.45, 2.75) is 50.1 Å². The van der Waals surface area contributed by atoms with Crippen molar-refractivity contribution in [1.29, 1.82) is 0 Å². The molecule has 0 bridgehead atoms.